The first kappa shape index (κ1) is 16.5. The van der Waals surface area contributed by atoms with E-state index >= 15 is 0 Å². The Morgan fingerprint density at radius 3 is 2.45 bits per heavy atom. The van der Waals surface area contributed by atoms with Crippen molar-refractivity contribution >= 4 is 34.8 Å². The molecule has 1 aromatic rings. The second-order valence-corrected chi connectivity index (χ2v) is 5.37. The van der Waals surface area contributed by atoms with Crippen LogP contribution in [0.15, 0.2) is 18.2 Å². The summed E-state index contributed by atoms with van der Waals surface area (Å²) in [6, 6.07) is 4.77. The van der Waals surface area contributed by atoms with E-state index in [9.17, 15) is 14.7 Å². The Labute approximate surface area is 123 Å². The van der Waals surface area contributed by atoms with Crippen molar-refractivity contribution in [2.75, 3.05) is 10.6 Å². The lowest BCUT2D eigenvalue weighted by atomic mass is 10.0. The van der Waals surface area contributed by atoms with Crippen LogP contribution in [0.3, 0.4) is 0 Å². The first-order valence-corrected chi connectivity index (χ1v) is 6.72. The van der Waals surface area contributed by atoms with Crippen LogP contribution in [0.1, 0.15) is 27.2 Å². The summed E-state index contributed by atoms with van der Waals surface area (Å²) in [5.74, 6) is -0.583. The first-order valence-electron chi connectivity index (χ1n) is 6.34. The van der Waals surface area contributed by atoms with Gasteiger partial charge in [0.2, 0.25) is 11.8 Å². The Bertz CT molecular complexity index is 503. The fourth-order valence-electron chi connectivity index (χ4n) is 1.55. The van der Waals surface area contributed by atoms with E-state index in [-0.39, 0.29) is 24.2 Å². The first-order chi connectivity index (χ1) is 9.29. The average molecular weight is 299 g/mol. The number of aliphatic hydroxyl groups excluding tert-OH is 1. The molecule has 1 atom stereocenters. The molecule has 0 aliphatic carbocycles. The molecule has 0 bridgehead atoms. The SMILES string of the molecule is CC(=O)Nc1ccc(Cl)cc1NC(=O)CC(O)C(C)C. The summed E-state index contributed by atoms with van der Waals surface area (Å²) in [6.07, 6.45) is -0.720. The molecule has 0 aliphatic rings. The molecular weight excluding hydrogens is 280 g/mol. The van der Waals surface area contributed by atoms with Crippen LogP contribution in [0, 0.1) is 5.92 Å². The molecule has 2 amide bonds. The molecule has 1 aromatic carbocycles. The second kappa shape index (κ2) is 7.26. The minimum atomic E-state index is -0.710. The summed E-state index contributed by atoms with van der Waals surface area (Å²) in [5.41, 5.74) is 0.878. The van der Waals surface area contributed by atoms with Gasteiger partial charge >= 0.3 is 0 Å². The van der Waals surface area contributed by atoms with Crippen molar-refractivity contribution in [3.8, 4) is 0 Å². The average Bonchev–Trinajstić information content (AvgIpc) is 2.31. The van der Waals surface area contributed by atoms with Gasteiger partial charge in [0.15, 0.2) is 0 Å². The minimum absolute atomic E-state index is 0.00470. The summed E-state index contributed by atoms with van der Waals surface area (Å²) in [7, 11) is 0. The zero-order chi connectivity index (χ0) is 15.3. The lowest BCUT2D eigenvalue weighted by molar-refractivity contribution is -0.118. The van der Waals surface area contributed by atoms with E-state index in [1.165, 1.54) is 6.92 Å². The van der Waals surface area contributed by atoms with Crippen molar-refractivity contribution in [2.24, 2.45) is 5.92 Å². The van der Waals surface area contributed by atoms with Crippen LogP contribution in [0.5, 0.6) is 0 Å². The van der Waals surface area contributed by atoms with Crippen molar-refractivity contribution in [2.45, 2.75) is 33.3 Å². The van der Waals surface area contributed by atoms with E-state index in [1.54, 1.807) is 18.2 Å². The third kappa shape index (κ3) is 5.19. The number of halogens is 1. The molecule has 6 heteroatoms. The van der Waals surface area contributed by atoms with Gasteiger partial charge in [-0.3, -0.25) is 9.59 Å². The van der Waals surface area contributed by atoms with Crippen LogP contribution >= 0.6 is 11.6 Å². The lowest BCUT2D eigenvalue weighted by Crippen LogP contribution is -2.24. The van der Waals surface area contributed by atoms with Gasteiger partial charge in [-0.25, -0.2) is 0 Å². The van der Waals surface area contributed by atoms with Crippen molar-refractivity contribution in [3.05, 3.63) is 23.2 Å². The summed E-state index contributed by atoms with van der Waals surface area (Å²) in [5, 5.41) is 15.4. The van der Waals surface area contributed by atoms with E-state index in [1.807, 2.05) is 13.8 Å². The van der Waals surface area contributed by atoms with Gasteiger partial charge in [0.25, 0.3) is 0 Å². The summed E-state index contributed by atoms with van der Waals surface area (Å²) in [4.78, 5) is 23.0. The van der Waals surface area contributed by atoms with Crippen molar-refractivity contribution in [3.63, 3.8) is 0 Å². The van der Waals surface area contributed by atoms with Gasteiger partial charge in [-0.15, -0.1) is 0 Å². The maximum Gasteiger partial charge on any atom is 0.227 e. The fraction of sp³-hybridized carbons (Fsp3) is 0.429. The Kier molecular flexibility index (Phi) is 5.98. The molecule has 20 heavy (non-hydrogen) atoms. The van der Waals surface area contributed by atoms with Gasteiger partial charge in [-0.05, 0) is 24.1 Å². The Balaban J connectivity index is 2.82. The second-order valence-electron chi connectivity index (χ2n) is 4.93. The van der Waals surface area contributed by atoms with Crippen molar-refractivity contribution < 1.29 is 14.7 Å². The summed E-state index contributed by atoms with van der Waals surface area (Å²) < 4.78 is 0. The monoisotopic (exact) mass is 298 g/mol. The maximum absolute atomic E-state index is 11.8. The van der Waals surface area contributed by atoms with Gasteiger partial charge in [-0.2, -0.15) is 0 Å². The van der Waals surface area contributed by atoms with E-state index in [2.05, 4.69) is 10.6 Å². The van der Waals surface area contributed by atoms with Crippen LogP contribution in [-0.2, 0) is 9.59 Å². The normalized spacial score (nSPS) is 12.1. The van der Waals surface area contributed by atoms with Crippen LogP contribution in [0.25, 0.3) is 0 Å². The number of nitrogens with one attached hydrogen (secondary N) is 2. The molecule has 0 spiro atoms. The number of rotatable bonds is 5. The van der Waals surface area contributed by atoms with E-state index in [0.717, 1.165) is 0 Å². The topological polar surface area (TPSA) is 78.4 Å². The predicted molar refractivity (Wildman–Crippen MR) is 79.8 cm³/mol. The zero-order valence-electron chi connectivity index (χ0n) is 11.7. The number of hydrogen-bond acceptors (Lipinski definition) is 3. The summed E-state index contributed by atoms with van der Waals surface area (Å²) in [6.45, 7) is 5.04. The Hall–Kier alpha value is -1.59. The Morgan fingerprint density at radius 2 is 1.90 bits per heavy atom. The highest BCUT2D eigenvalue weighted by atomic mass is 35.5. The summed E-state index contributed by atoms with van der Waals surface area (Å²) >= 11 is 5.88. The molecule has 5 nitrogen and oxygen atoms in total. The largest absolute Gasteiger partial charge is 0.392 e. The molecule has 0 heterocycles. The zero-order valence-corrected chi connectivity index (χ0v) is 12.5. The number of carbonyl (C=O) groups excluding carboxylic acids is 2. The molecule has 3 N–H and O–H groups in total. The van der Waals surface area contributed by atoms with E-state index < -0.39 is 6.10 Å². The number of hydrogen-bond donors (Lipinski definition) is 3. The smallest absolute Gasteiger partial charge is 0.227 e. The standard InChI is InChI=1S/C14H19ClN2O3/c1-8(2)13(19)7-14(20)17-12-6-10(15)4-5-11(12)16-9(3)18/h4-6,8,13,19H,7H2,1-3H3,(H,16,18)(H,17,20). The van der Waals surface area contributed by atoms with Crippen LogP contribution in [0.4, 0.5) is 11.4 Å². The highest BCUT2D eigenvalue weighted by molar-refractivity contribution is 6.31. The van der Waals surface area contributed by atoms with Crippen LogP contribution in [0.2, 0.25) is 5.02 Å². The molecular formula is C14H19ClN2O3. The highest BCUT2D eigenvalue weighted by Crippen LogP contribution is 2.26. The molecule has 110 valence electrons. The lowest BCUT2D eigenvalue weighted by Gasteiger charge is -2.16. The van der Waals surface area contributed by atoms with Gasteiger partial charge in [-0.1, -0.05) is 25.4 Å². The number of carbonyl (C=O) groups is 2. The molecule has 0 aliphatic heterocycles. The van der Waals surface area contributed by atoms with Gasteiger partial charge in [0.1, 0.15) is 0 Å². The third-order valence-corrected chi connectivity index (χ3v) is 2.97. The van der Waals surface area contributed by atoms with Crippen LogP contribution in [-0.4, -0.2) is 23.0 Å². The highest BCUT2D eigenvalue weighted by Gasteiger charge is 2.16. The van der Waals surface area contributed by atoms with Crippen LogP contribution < -0.4 is 10.6 Å². The molecule has 0 radical (unpaired) electrons. The van der Waals surface area contributed by atoms with Gasteiger partial charge in [0, 0.05) is 11.9 Å². The number of amides is 2. The Morgan fingerprint density at radius 1 is 1.25 bits per heavy atom. The molecule has 0 saturated carbocycles. The van der Waals surface area contributed by atoms with E-state index in [4.69, 9.17) is 11.6 Å². The fourth-order valence-corrected chi connectivity index (χ4v) is 1.72. The molecule has 0 fully saturated rings. The van der Waals surface area contributed by atoms with Gasteiger partial charge < -0.3 is 15.7 Å². The third-order valence-electron chi connectivity index (χ3n) is 2.73. The molecule has 0 aromatic heterocycles. The van der Waals surface area contributed by atoms with Gasteiger partial charge in [0.05, 0.1) is 23.9 Å². The number of benzene rings is 1. The minimum Gasteiger partial charge on any atom is -0.392 e. The molecule has 1 rings (SSSR count). The predicted octanol–water partition coefficient (Wildman–Crippen LogP) is 2.64. The maximum atomic E-state index is 11.8. The number of anilines is 2. The molecule has 1 unspecified atom stereocenters. The quantitative estimate of drug-likeness (QED) is 0.782. The number of aliphatic hydroxyl groups is 1. The van der Waals surface area contributed by atoms with E-state index in [0.29, 0.717) is 16.4 Å². The van der Waals surface area contributed by atoms with Crippen molar-refractivity contribution in [1.29, 1.82) is 0 Å². The van der Waals surface area contributed by atoms with Crippen molar-refractivity contribution in [1.82, 2.24) is 0 Å². The molecule has 0 saturated heterocycles.